The highest BCUT2D eigenvalue weighted by Gasteiger charge is 2.19. The van der Waals surface area contributed by atoms with Gasteiger partial charge in [0.15, 0.2) is 5.75 Å². The Balaban J connectivity index is 1.94. The van der Waals surface area contributed by atoms with Crippen molar-refractivity contribution in [2.24, 2.45) is 0 Å². The van der Waals surface area contributed by atoms with Crippen molar-refractivity contribution < 1.29 is 24.0 Å². The van der Waals surface area contributed by atoms with Crippen LogP contribution in [0.3, 0.4) is 0 Å². The molecule has 0 aliphatic heterocycles. The highest BCUT2D eigenvalue weighted by atomic mass is 35.5. The molecule has 0 unspecified atom stereocenters. The number of amides is 1. The van der Waals surface area contributed by atoms with E-state index < -0.39 is 16.8 Å². The van der Waals surface area contributed by atoms with Crippen LogP contribution in [0.15, 0.2) is 36.7 Å². The fourth-order valence-corrected chi connectivity index (χ4v) is 2.64. The van der Waals surface area contributed by atoms with Gasteiger partial charge in [0.25, 0.3) is 0 Å². The molecular formula is C17H13ClFN5O5. The molecule has 12 heteroatoms. The van der Waals surface area contributed by atoms with Crippen LogP contribution in [-0.4, -0.2) is 39.2 Å². The van der Waals surface area contributed by atoms with Crippen molar-refractivity contribution in [3.63, 3.8) is 0 Å². The van der Waals surface area contributed by atoms with E-state index in [1.165, 1.54) is 36.7 Å². The summed E-state index contributed by atoms with van der Waals surface area (Å²) in [6, 6.07) is 6.57. The number of nitro benzene ring substituents is 1. The summed E-state index contributed by atoms with van der Waals surface area (Å²) in [6.07, 6.45) is 0.0168. The standard InChI is InChI=1S/C17H13ClFN5O5/c18-11-5-9(1-2-12(11)19)23-16-10-6-14(24(27)28)15(7-13(10)21-8-22-16)29-4-3-20-17(25)26/h1-2,5-8,20H,3-4H2,(H,25,26)(H,21,22,23). The zero-order chi connectivity index (χ0) is 21.0. The smallest absolute Gasteiger partial charge is 0.404 e. The van der Waals surface area contributed by atoms with Gasteiger partial charge in [0.05, 0.1) is 27.4 Å². The Bertz CT molecular complexity index is 1100. The summed E-state index contributed by atoms with van der Waals surface area (Å²) in [5, 5.41) is 25.3. The monoisotopic (exact) mass is 421 g/mol. The Hall–Kier alpha value is -3.73. The Morgan fingerprint density at radius 1 is 1.31 bits per heavy atom. The zero-order valence-electron chi connectivity index (χ0n) is 14.6. The number of benzene rings is 2. The zero-order valence-corrected chi connectivity index (χ0v) is 15.3. The van der Waals surface area contributed by atoms with Crippen molar-refractivity contribution in [2.45, 2.75) is 0 Å². The van der Waals surface area contributed by atoms with Crippen LogP contribution in [0.1, 0.15) is 0 Å². The molecule has 0 spiro atoms. The summed E-state index contributed by atoms with van der Waals surface area (Å²) in [5.74, 6) is -0.399. The summed E-state index contributed by atoms with van der Waals surface area (Å²) in [7, 11) is 0. The highest BCUT2D eigenvalue weighted by Crippen LogP contribution is 2.34. The van der Waals surface area contributed by atoms with Gasteiger partial charge in [0.2, 0.25) is 0 Å². The lowest BCUT2D eigenvalue weighted by Gasteiger charge is -2.11. The van der Waals surface area contributed by atoms with Gasteiger partial charge in [-0.1, -0.05) is 11.6 Å². The van der Waals surface area contributed by atoms with Crippen molar-refractivity contribution in [3.05, 3.63) is 57.6 Å². The summed E-state index contributed by atoms with van der Waals surface area (Å²) < 4.78 is 18.7. The van der Waals surface area contributed by atoms with E-state index in [1.807, 2.05) is 0 Å². The van der Waals surface area contributed by atoms with E-state index in [-0.39, 0.29) is 35.4 Å². The largest absolute Gasteiger partial charge is 0.485 e. The van der Waals surface area contributed by atoms with Crippen LogP contribution in [0.5, 0.6) is 5.75 Å². The molecule has 29 heavy (non-hydrogen) atoms. The van der Waals surface area contributed by atoms with E-state index in [9.17, 15) is 19.3 Å². The van der Waals surface area contributed by atoms with Crippen LogP contribution < -0.4 is 15.4 Å². The minimum absolute atomic E-state index is 0.0492. The summed E-state index contributed by atoms with van der Waals surface area (Å²) >= 11 is 5.77. The first-order valence-corrected chi connectivity index (χ1v) is 8.48. The molecule has 0 atom stereocenters. The number of carboxylic acid groups (broad SMARTS) is 1. The van der Waals surface area contributed by atoms with Gasteiger partial charge in [-0.3, -0.25) is 10.1 Å². The van der Waals surface area contributed by atoms with Gasteiger partial charge in [-0.2, -0.15) is 0 Å². The lowest BCUT2D eigenvalue weighted by atomic mass is 10.2. The van der Waals surface area contributed by atoms with Gasteiger partial charge in [0.1, 0.15) is 24.6 Å². The number of ether oxygens (including phenoxy) is 1. The molecule has 0 fully saturated rings. The molecule has 10 nitrogen and oxygen atoms in total. The number of nitro groups is 1. The third kappa shape index (κ3) is 4.76. The fourth-order valence-electron chi connectivity index (χ4n) is 2.46. The number of hydrogen-bond donors (Lipinski definition) is 3. The lowest BCUT2D eigenvalue weighted by molar-refractivity contribution is -0.385. The number of rotatable bonds is 7. The molecule has 150 valence electrons. The highest BCUT2D eigenvalue weighted by molar-refractivity contribution is 6.31. The van der Waals surface area contributed by atoms with E-state index >= 15 is 0 Å². The number of fused-ring (bicyclic) bond motifs is 1. The summed E-state index contributed by atoms with van der Waals surface area (Å²) in [5.41, 5.74) is 0.435. The minimum Gasteiger partial charge on any atom is -0.485 e. The molecule has 3 rings (SSSR count). The second-order valence-corrected chi connectivity index (χ2v) is 6.06. The van der Waals surface area contributed by atoms with Crippen LogP contribution in [0.2, 0.25) is 5.02 Å². The molecule has 2 aromatic carbocycles. The van der Waals surface area contributed by atoms with Crippen LogP contribution in [0.4, 0.5) is 26.4 Å². The third-order valence-electron chi connectivity index (χ3n) is 3.73. The molecule has 1 heterocycles. The van der Waals surface area contributed by atoms with E-state index in [4.69, 9.17) is 21.4 Å². The summed E-state index contributed by atoms with van der Waals surface area (Å²) in [6.45, 7) is -0.157. The van der Waals surface area contributed by atoms with E-state index in [2.05, 4.69) is 20.6 Å². The summed E-state index contributed by atoms with van der Waals surface area (Å²) in [4.78, 5) is 29.4. The number of halogens is 2. The van der Waals surface area contributed by atoms with Gasteiger partial charge >= 0.3 is 11.8 Å². The molecule has 0 radical (unpaired) electrons. The Labute approximate surface area is 167 Å². The quantitative estimate of drug-likeness (QED) is 0.298. The fraction of sp³-hybridized carbons (Fsp3) is 0.118. The molecule has 3 aromatic rings. The van der Waals surface area contributed by atoms with Gasteiger partial charge in [-0.15, -0.1) is 0 Å². The molecule has 1 aromatic heterocycles. The van der Waals surface area contributed by atoms with Gasteiger partial charge in [-0.25, -0.2) is 19.2 Å². The van der Waals surface area contributed by atoms with Crippen molar-refractivity contribution >= 4 is 45.8 Å². The predicted octanol–water partition coefficient (Wildman–Crippen LogP) is 3.72. The maximum atomic E-state index is 13.3. The molecule has 3 N–H and O–H groups in total. The number of carbonyl (C=O) groups is 1. The minimum atomic E-state index is -1.23. The maximum absolute atomic E-state index is 13.3. The maximum Gasteiger partial charge on any atom is 0.404 e. The van der Waals surface area contributed by atoms with E-state index in [0.717, 1.165) is 0 Å². The van der Waals surface area contributed by atoms with E-state index in [1.54, 1.807) is 0 Å². The second kappa shape index (κ2) is 8.52. The van der Waals surface area contributed by atoms with Crippen molar-refractivity contribution in [1.82, 2.24) is 15.3 Å². The van der Waals surface area contributed by atoms with Crippen molar-refractivity contribution in [2.75, 3.05) is 18.5 Å². The number of aromatic nitrogens is 2. The predicted molar refractivity (Wildman–Crippen MR) is 102 cm³/mol. The van der Waals surface area contributed by atoms with Crippen molar-refractivity contribution in [3.8, 4) is 5.75 Å². The molecule has 0 saturated heterocycles. The molecule has 1 amide bonds. The van der Waals surface area contributed by atoms with Crippen LogP contribution in [-0.2, 0) is 0 Å². The Morgan fingerprint density at radius 3 is 2.79 bits per heavy atom. The first-order valence-electron chi connectivity index (χ1n) is 8.10. The molecule has 0 bridgehead atoms. The number of anilines is 2. The van der Waals surface area contributed by atoms with Gasteiger partial charge in [0, 0.05) is 17.8 Å². The second-order valence-electron chi connectivity index (χ2n) is 5.65. The normalized spacial score (nSPS) is 10.6. The average molecular weight is 422 g/mol. The number of hydrogen-bond acceptors (Lipinski definition) is 7. The number of nitrogens with one attached hydrogen (secondary N) is 2. The third-order valence-corrected chi connectivity index (χ3v) is 4.02. The first kappa shape index (κ1) is 20.0. The average Bonchev–Trinajstić information content (AvgIpc) is 2.67. The van der Waals surface area contributed by atoms with Crippen LogP contribution in [0.25, 0.3) is 10.9 Å². The lowest BCUT2D eigenvalue weighted by Crippen LogP contribution is -2.26. The Morgan fingerprint density at radius 2 is 2.10 bits per heavy atom. The van der Waals surface area contributed by atoms with Crippen LogP contribution >= 0.6 is 11.6 Å². The number of nitrogens with zero attached hydrogens (tertiary/aromatic N) is 3. The SMILES string of the molecule is O=C(O)NCCOc1cc2ncnc(Nc3ccc(F)c(Cl)c3)c2cc1[N+](=O)[O-]. The topological polar surface area (TPSA) is 140 Å². The van der Waals surface area contributed by atoms with Gasteiger partial charge in [-0.05, 0) is 18.2 Å². The molecule has 0 saturated carbocycles. The van der Waals surface area contributed by atoms with Crippen LogP contribution in [0, 0.1) is 15.9 Å². The molecule has 0 aliphatic rings. The van der Waals surface area contributed by atoms with Gasteiger partial charge < -0.3 is 20.5 Å². The van der Waals surface area contributed by atoms with E-state index in [0.29, 0.717) is 16.6 Å². The first-order chi connectivity index (χ1) is 13.8. The Kier molecular flexibility index (Phi) is 5.88. The van der Waals surface area contributed by atoms with Crippen molar-refractivity contribution in [1.29, 1.82) is 0 Å². The molecule has 0 aliphatic carbocycles. The molecular weight excluding hydrogens is 409 g/mol.